The molecule has 3 atom stereocenters. The molecule has 1 aromatic heterocycles. The third-order valence-electron chi connectivity index (χ3n) is 5.07. The molecular formula is C18H16F3N3O4. The molecule has 2 aromatic rings. The van der Waals surface area contributed by atoms with Gasteiger partial charge in [0.2, 0.25) is 5.91 Å². The summed E-state index contributed by atoms with van der Waals surface area (Å²) in [6.07, 6.45) is -1.88. The number of carboxylic acids is 1. The summed E-state index contributed by atoms with van der Waals surface area (Å²) in [5.41, 5.74) is -2.04. The number of carbonyl (C=O) groups is 2. The first kappa shape index (κ1) is 18.5. The van der Waals surface area contributed by atoms with E-state index in [9.17, 15) is 22.8 Å². The van der Waals surface area contributed by atoms with Gasteiger partial charge in [0.1, 0.15) is 5.56 Å². The highest BCUT2D eigenvalue weighted by atomic mass is 19.4. The molecule has 1 aromatic carbocycles. The van der Waals surface area contributed by atoms with E-state index in [0.29, 0.717) is 23.0 Å². The number of anilines is 1. The summed E-state index contributed by atoms with van der Waals surface area (Å²) in [7, 11) is 0. The zero-order chi connectivity index (χ0) is 20.1. The van der Waals surface area contributed by atoms with Crippen LogP contribution in [0.3, 0.4) is 0 Å². The van der Waals surface area contributed by atoms with Gasteiger partial charge in [0, 0.05) is 5.69 Å². The van der Waals surface area contributed by atoms with Crippen molar-refractivity contribution in [3.63, 3.8) is 0 Å². The molecule has 1 amide bonds. The molecule has 2 N–H and O–H groups in total. The van der Waals surface area contributed by atoms with Crippen molar-refractivity contribution in [3.05, 3.63) is 41.7 Å². The summed E-state index contributed by atoms with van der Waals surface area (Å²) in [5, 5.41) is 15.3. The molecule has 3 unspecified atom stereocenters. The largest absolute Gasteiger partial charge is 0.478 e. The maximum absolute atomic E-state index is 13.4. The molecule has 0 aliphatic carbocycles. The summed E-state index contributed by atoms with van der Waals surface area (Å²) in [5.74, 6) is -2.25. The lowest BCUT2D eigenvalue weighted by molar-refractivity contribution is -0.143. The topological polar surface area (TPSA) is 93.5 Å². The Morgan fingerprint density at radius 2 is 2.07 bits per heavy atom. The normalized spacial score (nSPS) is 23.8. The second kappa shape index (κ2) is 6.62. The van der Waals surface area contributed by atoms with Crippen LogP contribution in [0.15, 0.2) is 30.5 Å². The van der Waals surface area contributed by atoms with Crippen molar-refractivity contribution in [1.82, 2.24) is 9.78 Å². The second-order valence-electron chi connectivity index (χ2n) is 6.88. The number of hydrogen-bond acceptors (Lipinski definition) is 4. The van der Waals surface area contributed by atoms with Crippen LogP contribution in [0.25, 0.3) is 5.69 Å². The zero-order valence-electron chi connectivity index (χ0n) is 14.4. The fourth-order valence-electron chi connectivity index (χ4n) is 3.84. The average Bonchev–Trinajstić information content (AvgIpc) is 3.36. The van der Waals surface area contributed by atoms with Crippen molar-refractivity contribution in [1.29, 1.82) is 0 Å². The fourth-order valence-corrected chi connectivity index (χ4v) is 3.84. The highest BCUT2D eigenvalue weighted by Crippen LogP contribution is 2.39. The number of benzene rings is 1. The number of carbonyl (C=O) groups excluding carboxylic acids is 1. The molecular weight excluding hydrogens is 379 g/mol. The minimum Gasteiger partial charge on any atom is -0.478 e. The summed E-state index contributed by atoms with van der Waals surface area (Å²) in [4.78, 5) is 23.6. The minimum atomic E-state index is -4.91. The van der Waals surface area contributed by atoms with Crippen LogP contribution in [0.2, 0.25) is 0 Å². The average molecular weight is 395 g/mol. The number of amides is 1. The molecule has 0 spiro atoms. The maximum Gasteiger partial charge on any atom is 0.434 e. The standard InChI is InChI=1S/C18H16F3N3O4/c19-18(20,21)15-13(17(26)27)8-22-24(15)10-3-1-2-9(6-10)23-16(25)12-7-11-4-5-14(12)28-11/h1-3,6,8,11-12,14H,4-5,7H2,(H,23,25)(H,26,27). The van der Waals surface area contributed by atoms with Crippen LogP contribution in [0.4, 0.5) is 18.9 Å². The Hall–Kier alpha value is -2.88. The van der Waals surface area contributed by atoms with Crippen LogP contribution in [-0.2, 0) is 15.7 Å². The van der Waals surface area contributed by atoms with E-state index < -0.39 is 23.4 Å². The monoisotopic (exact) mass is 395 g/mol. The van der Waals surface area contributed by atoms with Crippen molar-refractivity contribution >= 4 is 17.6 Å². The Morgan fingerprint density at radius 1 is 1.29 bits per heavy atom. The van der Waals surface area contributed by atoms with Crippen LogP contribution in [-0.4, -0.2) is 39.0 Å². The number of nitrogens with one attached hydrogen (secondary N) is 1. The lowest BCUT2D eigenvalue weighted by atomic mass is 9.88. The van der Waals surface area contributed by atoms with Crippen LogP contribution in [0.5, 0.6) is 0 Å². The van der Waals surface area contributed by atoms with Crippen LogP contribution in [0, 0.1) is 5.92 Å². The van der Waals surface area contributed by atoms with Gasteiger partial charge in [-0.2, -0.15) is 18.3 Å². The molecule has 148 valence electrons. The molecule has 7 nitrogen and oxygen atoms in total. The van der Waals surface area contributed by atoms with Crippen LogP contribution >= 0.6 is 0 Å². The quantitative estimate of drug-likeness (QED) is 0.830. The minimum absolute atomic E-state index is 0.0122. The molecule has 3 heterocycles. The third-order valence-corrected chi connectivity index (χ3v) is 5.07. The number of carboxylic acid groups (broad SMARTS) is 1. The summed E-state index contributed by atoms with van der Waals surface area (Å²) >= 11 is 0. The molecule has 2 aliphatic heterocycles. The number of rotatable bonds is 4. The van der Waals surface area contributed by atoms with E-state index in [0.717, 1.165) is 12.8 Å². The Morgan fingerprint density at radius 3 is 2.68 bits per heavy atom. The number of aromatic nitrogens is 2. The number of aromatic carboxylic acids is 1. The van der Waals surface area contributed by atoms with E-state index in [4.69, 9.17) is 9.84 Å². The van der Waals surface area contributed by atoms with Crippen LogP contribution < -0.4 is 5.32 Å². The van der Waals surface area contributed by atoms with Gasteiger partial charge in [-0.05, 0) is 37.5 Å². The smallest absolute Gasteiger partial charge is 0.434 e. The van der Waals surface area contributed by atoms with Crippen LogP contribution in [0.1, 0.15) is 35.3 Å². The van der Waals surface area contributed by atoms with Crippen molar-refractivity contribution in [2.45, 2.75) is 37.6 Å². The molecule has 10 heteroatoms. The van der Waals surface area contributed by atoms with E-state index in [1.165, 1.54) is 18.2 Å². The molecule has 2 bridgehead atoms. The van der Waals surface area contributed by atoms with Gasteiger partial charge in [-0.3, -0.25) is 4.79 Å². The van der Waals surface area contributed by atoms with E-state index >= 15 is 0 Å². The van der Waals surface area contributed by atoms with Crippen molar-refractivity contribution in [3.8, 4) is 5.69 Å². The van der Waals surface area contributed by atoms with Crippen molar-refractivity contribution in [2.75, 3.05) is 5.32 Å². The molecule has 2 saturated heterocycles. The number of ether oxygens (including phenoxy) is 1. The van der Waals surface area contributed by atoms with E-state index in [1.54, 1.807) is 6.07 Å². The van der Waals surface area contributed by atoms with E-state index in [-0.39, 0.29) is 29.7 Å². The number of nitrogens with zero attached hydrogens (tertiary/aromatic N) is 2. The molecule has 0 radical (unpaired) electrons. The number of fused-ring (bicyclic) bond motifs is 2. The summed E-state index contributed by atoms with van der Waals surface area (Å²) < 4.78 is 46.3. The maximum atomic E-state index is 13.4. The number of halogens is 3. The molecule has 4 rings (SSSR count). The van der Waals surface area contributed by atoms with Gasteiger partial charge < -0.3 is 15.2 Å². The second-order valence-corrected chi connectivity index (χ2v) is 6.88. The van der Waals surface area contributed by atoms with E-state index in [2.05, 4.69) is 10.4 Å². The van der Waals surface area contributed by atoms with Gasteiger partial charge in [0.05, 0.1) is 30.0 Å². The molecule has 0 saturated carbocycles. The zero-order valence-corrected chi connectivity index (χ0v) is 14.4. The molecule has 2 aliphatic rings. The van der Waals surface area contributed by atoms with Crippen molar-refractivity contribution in [2.24, 2.45) is 5.92 Å². The first-order chi connectivity index (χ1) is 13.2. The van der Waals surface area contributed by atoms with Gasteiger partial charge in [0.25, 0.3) is 0 Å². The lowest BCUT2D eigenvalue weighted by Crippen LogP contribution is -2.30. The Labute approximate surface area is 157 Å². The van der Waals surface area contributed by atoms with Gasteiger partial charge in [0.15, 0.2) is 5.69 Å². The Kier molecular flexibility index (Phi) is 4.37. The molecule has 28 heavy (non-hydrogen) atoms. The van der Waals surface area contributed by atoms with Gasteiger partial charge >= 0.3 is 12.1 Å². The third kappa shape index (κ3) is 3.24. The SMILES string of the molecule is O=C(O)c1cnn(-c2cccc(NC(=O)C3CC4CCC3O4)c2)c1C(F)(F)F. The predicted molar refractivity (Wildman–Crippen MR) is 90.2 cm³/mol. The van der Waals surface area contributed by atoms with Gasteiger partial charge in [-0.1, -0.05) is 6.07 Å². The first-order valence-electron chi connectivity index (χ1n) is 8.69. The predicted octanol–water partition coefficient (Wildman–Crippen LogP) is 3.10. The summed E-state index contributed by atoms with van der Waals surface area (Å²) in [6.45, 7) is 0. The number of alkyl halides is 3. The summed E-state index contributed by atoms with van der Waals surface area (Å²) in [6, 6.07) is 5.68. The first-order valence-corrected chi connectivity index (χ1v) is 8.69. The molecule has 2 fully saturated rings. The van der Waals surface area contributed by atoms with Gasteiger partial charge in [-0.25, -0.2) is 9.48 Å². The van der Waals surface area contributed by atoms with Crippen molar-refractivity contribution < 1.29 is 32.6 Å². The fraction of sp³-hybridized carbons (Fsp3) is 0.389. The highest BCUT2D eigenvalue weighted by molar-refractivity contribution is 5.93. The lowest BCUT2D eigenvalue weighted by Gasteiger charge is -2.18. The number of hydrogen-bond donors (Lipinski definition) is 2. The van der Waals surface area contributed by atoms with E-state index in [1.807, 2.05) is 0 Å². The highest BCUT2D eigenvalue weighted by Gasteiger charge is 2.44. The Bertz CT molecular complexity index is 940. The van der Waals surface area contributed by atoms with Gasteiger partial charge in [-0.15, -0.1) is 0 Å². The Balaban J connectivity index is 1.61.